The van der Waals surface area contributed by atoms with Gasteiger partial charge in [-0.3, -0.25) is 9.55 Å². The minimum atomic E-state index is 0.277. The highest BCUT2D eigenvalue weighted by atomic mass is 35.5. The molecule has 0 atom stereocenters. The molecule has 3 aromatic heterocycles. The van der Waals surface area contributed by atoms with Crippen molar-refractivity contribution in [2.45, 2.75) is 6.42 Å². The molecule has 4 nitrogen and oxygen atoms in total. The standard InChI is InChI=1S/C22H13ClN4S/c23-18-3-1-2-14(6-8-24)21(18)27-13-26-20-11-25-19-5-4-15(10-17(19)22(20)27)16-7-9-28-12-16/h1-5,7,9-13H,6H2. The monoisotopic (exact) mass is 400 g/mol. The number of nitrogens with zero attached hydrogens (tertiary/aromatic N) is 4. The molecule has 0 aliphatic carbocycles. The molecule has 0 fully saturated rings. The first kappa shape index (κ1) is 16.9. The third-order valence-corrected chi connectivity index (χ3v) is 5.80. The van der Waals surface area contributed by atoms with Crippen LogP contribution in [-0.4, -0.2) is 14.5 Å². The molecule has 0 bridgehead atoms. The maximum absolute atomic E-state index is 9.23. The van der Waals surface area contributed by atoms with Gasteiger partial charge in [-0.2, -0.15) is 16.6 Å². The van der Waals surface area contributed by atoms with Crippen molar-refractivity contribution in [3.8, 4) is 22.9 Å². The number of rotatable bonds is 3. The van der Waals surface area contributed by atoms with Gasteiger partial charge in [0.05, 0.1) is 40.4 Å². The van der Waals surface area contributed by atoms with Crippen molar-refractivity contribution in [3.63, 3.8) is 0 Å². The van der Waals surface area contributed by atoms with Gasteiger partial charge in [0.25, 0.3) is 0 Å². The van der Waals surface area contributed by atoms with Crippen LogP contribution in [0, 0.1) is 11.3 Å². The first-order valence-electron chi connectivity index (χ1n) is 8.69. The van der Waals surface area contributed by atoms with Gasteiger partial charge in [0.2, 0.25) is 0 Å². The molecule has 3 heterocycles. The second-order valence-corrected chi connectivity index (χ2v) is 7.62. The SMILES string of the molecule is N#CCc1cccc(Cl)c1-n1cnc2cnc3ccc(-c4ccsc4)cc3c21. The van der Waals surface area contributed by atoms with Crippen LogP contribution in [0.5, 0.6) is 0 Å². The van der Waals surface area contributed by atoms with E-state index in [0.717, 1.165) is 38.8 Å². The third kappa shape index (κ3) is 2.66. The molecule has 0 saturated heterocycles. The molecular formula is C22H13ClN4S. The number of hydrogen-bond acceptors (Lipinski definition) is 4. The van der Waals surface area contributed by atoms with Crippen LogP contribution in [0.4, 0.5) is 0 Å². The molecule has 0 N–H and O–H groups in total. The van der Waals surface area contributed by atoms with E-state index in [1.54, 1.807) is 23.9 Å². The fraction of sp³-hybridized carbons (Fsp3) is 0.0455. The summed E-state index contributed by atoms with van der Waals surface area (Å²) in [4.78, 5) is 9.10. The van der Waals surface area contributed by atoms with Crippen LogP contribution in [-0.2, 0) is 6.42 Å². The van der Waals surface area contributed by atoms with Crippen molar-refractivity contribution < 1.29 is 0 Å². The Labute approximate surface area is 170 Å². The van der Waals surface area contributed by atoms with Crippen molar-refractivity contribution in [1.82, 2.24) is 14.5 Å². The number of pyridine rings is 1. The Morgan fingerprint density at radius 2 is 2.00 bits per heavy atom. The van der Waals surface area contributed by atoms with E-state index in [-0.39, 0.29) is 6.42 Å². The van der Waals surface area contributed by atoms with Crippen LogP contribution in [0.15, 0.2) is 65.7 Å². The van der Waals surface area contributed by atoms with Crippen molar-refractivity contribution in [2.24, 2.45) is 0 Å². The smallest absolute Gasteiger partial charge is 0.108 e. The first-order chi connectivity index (χ1) is 13.8. The number of hydrogen-bond donors (Lipinski definition) is 0. The molecule has 5 rings (SSSR count). The zero-order valence-corrected chi connectivity index (χ0v) is 16.2. The fourth-order valence-electron chi connectivity index (χ4n) is 3.53. The summed E-state index contributed by atoms with van der Waals surface area (Å²) in [6, 6.07) is 16.2. The largest absolute Gasteiger partial charge is 0.296 e. The molecule has 0 saturated carbocycles. The fourth-order valence-corrected chi connectivity index (χ4v) is 4.48. The number of halogens is 1. The van der Waals surface area contributed by atoms with Crippen LogP contribution in [0.25, 0.3) is 38.8 Å². The Bertz CT molecular complexity index is 1360. The van der Waals surface area contributed by atoms with Gasteiger partial charge in [-0.15, -0.1) is 0 Å². The number of thiophene rings is 1. The van der Waals surface area contributed by atoms with Crippen molar-refractivity contribution in [2.75, 3.05) is 0 Å². The molecule has 0 spiro atoms. The summed E-state index contributed by atoms with van der Waals surface area (Å²) in [6.45, 7) is 0. The summed E-state index contributed by atoms with van der Waals surface area (Å²) in [6.07, 6.45) is 3.81. The highest BCUT2D eigenvalue weighted by molar-refractivity contribution is 7.08. The summed E-state index contributed by atoms with van der Waals surface area (Å²) in [5.74, 6) is 0. The quantitative estimate of drug-likeness (QED) is 0.372. The maximum atomic E-state index is 9.23. The summed E-state index contributed by atoms with van der Waals surface area (Å²) in [5.41, 5.74) is 6.59. The van der Waals surface area contributed by atoms with Gasteiger partial charge < -0.3 is 0 Å². The van der Waals surface area contributed by atoms with Gasteiger partial charge in [0, 0.05) is 5.39 Å². The highest BCUT2D eigenvalue weighted by Gasteiger charge is 2.16. The average molecular weight is 401 g/mol. The molecular weight excluding hydrogens is 388 g/mol. The lowest BCUT2D eigenvalue weighted by atomic mass is 10.0. The molecule has 134 valence electrons. The number of aromatic nitrogens is 3. The first-order valence-corrected chi connectivity index (χ1v) is 10.0. The Morgan fingerprint density at radius 3 is 2.82 bits per heavy atom. The molecule has 0 aliphatic heterocycles. The summed E-state index contributed by atoms with van der Waals surface area (Å²) in [5, 5.41) is 15.0. The lowest BCUT2D eigenvalue weighted by Crippen LogP contribution is -2.00. The van der Waals surface area contributed by atoms with E-state index in [9.17, 15) is 5.26 Å². The van der Waals surface area contributed by atoms with Gasteiger partial charge >= 0.3 is 0 Å². The van der Waals surface area contributed by atoms with Gasteiger partial charge in [0.1, 0.15) is 11.8 Å². The molecule has 6 heteroatoms. The Balaban J connectivity index is 1.85. The van der Waals surface area contributed by atoms with E-state index in [1.165, 1.54) is 5.56 Å². The highest BCUT2D eigenvalue weighted by Crippen LogP contribution is 2.33. The van der Waals surface area contributed by atoms with E-state index in [4.69, 9.17) is 11.6 Å². The minimum Gasteiger partial charge on any atom is -0.296 e. The van der Waals surface area contributed by atoms with Crippen LogP contribution < -0.4 is 0 Å². The number of benzene rings is 2. The molecule has 28 heavy (non-hydrogen) atoms. The molecule has 2 aromatic carbocycles. The summed E-state index contributed by atoms with van der Waals surface area (Å²) < 4.78 is 1.98. The number of fused-ring (bicyclic) bond motifs is 3. The molecule has 0 radical (unpaired) electrons. The Morgan fingerprint density at radius 1 is 1.07 bits per heavy atom. The van der Waals surface area contributed by atoms with E-state index < -0.39 is 0 Å². The van der Waals surface area contributed by atoms with E-state index in [1.807, 2.05) is 28.8 Å². The van der Waals surface area contributed by atoms with Crippen molar-refractivity contribution in [1.29, 1.82) is 5.26 Å². The number of para-hydroxylation sites is 1. The van der Waals surface area contributed by atoms with Gasteiger partial charge in [-0.25, -0.2) is 4.98 Å². The minimum absolute atomic E-state index is 0.277. The second-order valence-electron chi connectivity index (χ2n) is 6.43. The average Bonchev–Trinajstić information content (AvgIpc) is 3.38. The van der Waals surface area contributed by atoms with E-state index in [2.05, 4.69) is 45.0 Å². The van der Waals surface area contributed by atoms with Gasteiger partial charge in [0.15, 0.2) is 0 Å². The van der Waals surface area contributed by atoms with Gasteiger partial charge in [-0.1, -0.05) is 29.8 Å². The van der Waals surface area contributed by atoms with Crippen LogP contribution in [0.1, 0.15) is 5.56 Å². The predicted molar refractivity (Wildman–Crippen MR) is 114 cm³/mol. The Hall–Kier alpha value is -3.20. The van der Waals surface area contributed by atoms with Crippen molar-refractivity contribution >= 4 is 44.9 Å². The van der Waals surface area contributed by atoms with Gasteiger partial charge in [-0.05, 0) is 51.7 Å². The molecule has 0 unspecified atom stereocenters. The zero-order chi connectivity index (χ0) is 19.1. The van der Waals surface area contributed by atoms with E-state index >= 15 is 0 Å². The Kier molecular flexibility index (Phi) is 4.09. The normalized spacial score (nSPS) is 11.1. The molecule has 0 amide bonds. The summed E-state index contributed by atoms with van der Waals surface area (Å²) in [7, 11) is 0. The molecule has 0 aliphatic rings. The second kappa shape index (κ2) is 6.75. The summed E-state index contributed by atoms with van der Waals surface area (Å²) >= 11 is 8.22. The third-order valence-electron chi connectivity index (χ3n) is 4.81. The van der Waals surface area contributed by atoms with Crippen LogP contribution >= 0.6 is 22.9 Å². The predicted octanol–water partition coefficient (Wildman–Crippen LogP) is 6.02. The zero-order valence-electron chi connectivity index (χ0n) is 14.6. The lowest BCUT2D eigenvalue weighted by molar-refractivity contribution is 1.06. The lowest BCUT2D eigenvalue weighted by Gasteiger charge is -2.13. The van der Waals surface area contributed by atoms with Crippen LogP contribution in [0.2, 0.25) is 5.02 Å². The van der Waals surface area contributed by atoms with Crippen molar-refractivity contribution in [3.05, 3.63) is 76.3 Å². The van der Waals surface area contributed by atoms with Crippen LogP contribution in [0.3, 0.4) is 0 Å². The topological polar surface area (TPSA) is 54.5 Å². The number of imidazole rings is 1. The van der Waals surface area contributed by atoms with E-state index in [0.29, 0.717) is 5.02 Å². The molecule has 5 aromatic rings. The number of nitriles is 1. The maximum Gasteiger partial charge on any atom is 0.108 e.